The highest BCUT2D eigenvalue weighted by atomic mass is 19.1. The van der Waals surface area contributed by atoms with Crippen molar-refractivity contribution in [3.05, 3.63) is 0 Å². The van der Waals surface area contributed by atoms with Crippen molar-refractivity contribution >= 4 is 0 Å². The minimum absolute atomic E-state index is 0.129. The minimum Gasteiger partial charge on any atom is -0.311 e. The van der Waals surface area contributed by atoms with Crippen LogP contribution in [0.25, 0.3) is 0 Å². The van der Waals surface area contributed by atoms with E-state index < -0.39 is 6.17 Å². The number of alkyl halides is 1. The van der Waals surface area contributed by atoms with Gasteiger partial charge in [0.25, 0.3) is 0 Å². The first kappa shape index (κ1) is 9.97. The molecule has 0 bridgehead atoms. The fourth-order valence-electron chi connectivity index (χ4n) is 1.58. The Labute approximate surface area is 74.7 Å². The Morgan fingerprint density at radius 1 is 1.33 bits per heavy atom. The lowest BCUT2D eigenvalue weighted by Gasteiger charge is -2.23. The molecule has 72 valence electrons. The monoisotopic (exact) mass is 173 g/mol. The largest absolute Gasteiger partial charge is 0.311 e. The van der Waals surface area contributed by atoms with Crippen LogP contribution in [0.5, 0.6) is 0 Å². The van der Waals surface area contributed by atoms with Gasteiger partial charge in [0.1, 0.15) is 6.17 Å². The first-order valence-corrected chi connectivity index (χ1v) is 4.86. The Kier molecular flexibility index (Phi) is 3.10. The van der Waals surface area contributed by atoms with Gasteiger partial charge in [-0.2, -0.15) is 0 Å². The summed E-state index contributed by atoms with van der Waals surface area (Å²) < 4.78 is 13.1. The van der Waals surface area contributed by atoms with E-state index in [1.54, 1.807) is 0 Å². The summed E-state index contributed by atoms with van der Waals surface area (Å²) in [6.07, 6.45) is 2.20. The van der Waals surface area contributed by atoms with Crippen molar-refractivity contribution in [1.29, 1.82) is 0 Å². The predicted octanol–water partition coefficient (Wildman–Crippen LogP) is 2.51. The van der Waals surface area contributed by atoms with Gasteiger partial charge in [-0.3, -0.25) is 0 Å². The Morgan fingerprint density at radius 2 is 2.00 bits per heavy atom. The van der Waals surface area contributed by atoms with Gasteiger partial charge >= 0.3 is 0 Å². The Hall–Kier alpha value is -0.110. The molecule has 0 unspecified atom stereocenters. The first-order valence-electron chi connectivity index (χ1n) is 4.86. The topological polar surface area (TPSA) is 12.0 Å². The van der Waals surface area contributed by atoms with Crippen molar-refractivity contribution in [1.82, 2.24) is 5.32 Å². The van der Waals surface area contributed by atoms with Crippen LogP contribution < -0.4 is 5.32 Å². The van der Waals surface area contributed by atoms with E-state index >= 15 is 0 Å². The predicted molar refractivity (Wildman–Crippen MR) is 50.0 cm³/mol. The number of nitrogens with one attached hydrogen (secondary N) is 1. The lowest BCUT2D eigenvalue weighted by molar-refractivity contribution is 0.256. The van der Waals surface area contributed by atoms with Crippen LogP contribution in [0.3, 0.4) is 0 Å². The normalized spacial score (nSPS) is 31.0. The highest BCUT2D eigenvalue weighted by Crippen LogP contribution is 2.23. The van der Waals surface area contributed by atoms with Crippen LogP contribution in [0.4, 0.5) is 4.39 Å². The molecule has 1 nitrogen and oxygen atoms in total. The van der Waals surface area contributed by atoms with Gasteiger partial charge in [-0.1, -0.05) is 20.8 Å². The Balaban J connectivity index is 2.23. The lowest BCUT2D eigenvalue weighted by atomic mass is 9.96. The van der Waals surface area contributed by atoms with Gasteiger partial charge in [-0.15, -0.1) is 0 Å². The minimum atomic E-state index is -0.604. The van der Waals surface area contributed by atoms with Gasteiger partial charge in [-0.25, -0.2) is 4.39 Å². The molecular formula is C10H20FN. The van der Waals surface area contributed by atoms with Crippen LogP contribution in [0, 0.1) is 5.41 Å². The molecule has 1 aliphatic rings. The zero-order valence-electron chi connectivity index (χ0n) is 8.36. The molecule has 0 radical (unpaired) electrons. The molecule has 1 aliphatic carbocycles. The number of rotatable bonds is 2. The van der Waals surface area contributed by atoms with Gasteiger partial charge in [-0.05, 0) is 24.7 Å². The highest BCUT2D eigenvalue weighted by Gasteiger charge is 2.27. The summed E-state index contributed by atoms with van der Waals surface area (Å²) >= 11 is 0. The van der Waals surface area contributed by atoms with Crippen LogP contribution in [0.2, 0.25) is 0 Å². The van der Waals surface area contributed by atoms with E-state index in [9.17, 15) is 4.39 Å². The second-order valence-corrected chi connectivity index (χ2v) is 4.99. The molecule has 12 heavy (non-hydrogen) atoms. The van der Waals surface area contributed by atoms with Gasteiger partial charge in [0.05, 0.1) is 0 Å². The lowest BCUT2D eigenvalue weighted by Crippen LogP contribution is -2.38. The molecule has 0 aromatic carbocycles. The third-order valence-electron chi connectivity index (χ3n) is 2.33. The van der Waals surface area contributed by atoms with E-state index in [1.165, 1.54) is 0 Å². The summed E-state index contributed by atoms with van der Waals surface area (Å²) in [5.41, 5.74) is 0.266. The van der Waals surface area contributed by atoms with Crippen molar-refractivity contribution in [2.24, 2.45) is 5.41 Å². The molecule has 1 saturated carbocycles. The molecule has 0 spiro atoms. The van der Waals surface area contributed by atoms with Crippen molar-refractivity contribution < 1.29 is 4.39 Å². The maximum absolute atomic E-state index is 13.1. The molecule has 0 aromatic heterocycles. The van der Waals surface area contributed by atoms with E-state index in [0.717, 1.165) is 25.8 Å². The van der Waals surface area contributed by atoms with Gasteiger partial charge in [0.2, 0.25) is 0 Å². The molecule has 1 N–H and O–H groups in total. The van der Waals surface area contributed by atoms with Crippen LogP contribution in [0.15, 0.2) is 0 Å². The standard InChI is InChI=1S/C10H20FN/c1-10(2,3)7-12-9-6-4-5-8(9)11/h8-9,12H,4-7H2,1-3H3/t8-,9+/m1/s1. The SMILES string of the molecule is CC(C)(C)CN[C@H]1CCC[C@H]1F. The molecular weight excluding hydrogens is 153 g/mol. The summed E-state index contributed by atoms with van der Waals surface area (Å²) in [5, 5.41) is 3.30. The van der Waals surface area contributed by atoms with Gasteiger partial charge < -0.3 is 5.32 Å². The second kappa shape index (κ2) is 3.73. The fraction of sp³-hybridized carbons (Fsp3) is 1.00. The molecule has 0 aliphatic heterocycles. The van der Waals surface area contributed by atoms with Crippen LogP contribution in [-0.4, -0.2) is 18.8 Å². The Bertz CT molecular complexity index is 139. The zero-order valence-corrected chi connectivity index (χ0v) is 8.36. The average Bonchev–Trinajstić information content (AvgIpc) is 2.29. The van der Waals surface area contributed by atoms with E-state index in [-0.39, 0.29) is 11.5 Å². The number of hydrogen-bond acceptors (Lipinski definition) is 1. The summed E-state index contributed by atoms with van der Waals surface area (Å²) in [6.45, 7) is 7.42. The van der Waals surface area contributed by atoms with Crippen molar-refractivity contribution in [3.8, 4) is 0 Å². The van der Waals surface area contributed by atoms with Crippen molar-refractivity contribution in [2.45, 2.75) is 52.2 Å². The first-order chi connectivity index (χ1) is 5.49. The number of hydrogen-bond donors (Lipinski definition) is 1. The summed E-state index contributed by atoms with van der Waals surface area (Å²) in [5.74, 6) is 0. The summed E-state index contributed by atoms with van der Waals surface area (Å²) in [7, 11) is 0. The summed E-state index contributed by atoms with van der Waals surface area (Å²) in [4.78, 5) is 0. The van der Waals surface area contributed by atoms with Gasteiger partial charge in [0, 0.05) is 12.6 Å². The quantitative estimate of drug-likeness (QED) is 0.676. The van der Waals surface area contributed by atoms with Crippen LogP contribution >= 0.6 is 0 Å². The molecule has 0 heterocycles. The summed E-state index contributed by atoms with van der Waals surface area (Å²) in [6, 6.07) is 0.129. The molecule has 1 fully saturated rings. The third kappa shape index (κ3) is 3.10. The van der Waals surface area contributed by atoms with Crippen molar-refractivity contribution in [2.75, 3.05) is 6.54 Å². The zero-order chi connectivity index (χ0) is 9.19. The highest BCUT2D eigenvalue weighted by molar-refractivity contribution is 4.84. The van der Waals surface area contributed by atoms with Crippen LogP contribution in [0.1, 0.15) is 40.0 Å². The van der Waals surface area contributed by atoms with E-state index in [0.29, 0.717) is 0 Å². The maximum Gasteiger partial charge on any atom is 0.115 e. The third-order valence-corrected chi connectivity index (χ3v) is 2.33. The van der Waals surface area contributed by atoms with E-state index in [1.807, 2.05) is 0 Å². The van der Waals surface area contributed by atoms with E-state index in [4.69, 9.17) is 0 Å². The molecule has 0 saturated heterocycles. The molecule has 0 aromatic rings. The second-order valence-electron chi connectivity index (χ2n) is 4.99. The number of halogens is 1. The fourth-order valence-corrected chi connectivity index (χ4v) is 1.58. The molecule has 2 heteroatoms. The van der Waals surface area contributed by atoms with Crippen LogP contribution in [-0.2, 0) is 0 Å². The van der Waals surface area contributed by atoms with Gasteiger partial charge in [0.15, 0.2) is 0 Å². The Morgan fingerprint density at radius 3 is 2.42 bits per heavy atom. The average molecular weight is 173 g/mol. The molecule has 1 rings (SSSR count). The molecule has 2 atom stereocenters. The van der Waals surface area contributed by atoms with E-state index in [2.05, 4.69) is 26.1 Å². The molecule has 0 amide bonds. The maximum atomic E-state index is 13.1. The smallest absolute Gasteiger partial charge is 0.115 e. The van der Waals surface area contributed by atoms with Crippen molar-refractivity contribution in [3.63, 3.8) is 0 Å².